The van der Waals surface area contributed by atoms with Gasteiger partial charge < -0.3 is 10.6 Å². The monoisotopic (exact) mass is 354 g/mol. The third kappa shape index (κ3) is 4.39. The molecular weight excluding hydrogens is 335 g/mol. The number of amides is 2. The van der Waals surface area contributed by atoms with E-state index in [1.165, 1.54) is 0 Å². The summed E-state index contributed by atoms with van der Waals surface area (Å²) in [4.78, 5) is 12.2. The van der Waals surface area contributed by atoms with E-state index in [0.29, 0.717) is 10.0 Å². The molecule has 2 amide bonds. The van der Waals surface area contributed by atoms with Crippen molar-refractivity contribution in [2.45, 2.75) is 32.9 Å². The lowest BCUT2D eigenvalue weighted by Gasteiger charge is -2.19. The fraction of sp³-hybridized carbons (Fsp3) is 0.375. The highest BCUT2D eigenvalue weighted by Crippen LogP contribution is 2.26. The van der Waals surface area contributed by atoms with Gasteiger partial charge in [0.15, 0.2) is 0 Å². The summed E-state index contributed by atoms with van der Waals surface area (Å²) in [6, 6.07) is 4.58. The van der Waals surface area contributed by atoms with Gasteiger partial charge in [-0.15, -0.1) is 0 Å². The zero-order chi connectivity index (χ0) is 17.1. The van der Waals surface area contributed by atoms with E-state index in [-0.39, 0.29) is 18.1 Å². The maximum Gasteiger partial charge on any atom is 0.315 e. The van der Waals surface area contributed by atoms with Gasteiger partial charge in [-0.25, -0.2) is 4.79 Å². The van der Waals surface area contributed by atoms with Crippen molar-refractivity contribution in [3.8, 4) is 0 Å². The van der Waals surface area contributed by atoms with E-state index in [0.717, 1.165) is 16.8 Å². The molecule has 0 bridgehead atoms. The van der Waals surface area contributed by atoms with Crippen LogP contribution in [-0.4, -0.2) is 15.8 Å². The first-order chi connectivity index (χ1) is 10.8. The number of nitrogens with one attached hydrogen (secondary N) is 2. The van der Waals surface area contributed by atoms with Gasteiger partial charge in [-0.1, -0.05) is 29.3 Å². The highest BCUT2D eigenvalue weighted by atomic mass is 35.5. The Morgan fingerprint density at radius 1 is 1.17 bits per heavy atom. The SMILES string of the molecule is Cc1nn(C)cc1C(C)NC(=O)NC(C)c1ccc(Cl)cc1Cl. The van der Waals surface area contributed by atoms with Crippen LogP contribution in [-0.2, 0) is 7.05 Å². The van der Waals surface area contributed by atoms with Crippen LogP contribution in [0.3, 0.4) is 0 Å². The molecule has 1 aromatic carbocycles. The molecule has 0 aliphatic rings. The van der Waals surface area contributed by atoms with Crippen molar-refractivity contribution in [1.29, 1.82) is 0 Å². The van der Waals surface area contributed by atoms with Crippen LogP contribution in [0.1, 0.15) is 42.8 Å². The molecule has 1 heterocycles. The van der Waals surface area contributed by atoms with Crippen LogP contribution in [0.4, 0.5) is 4.79 Å². The highest BCUT2D eigenvalue weighted by Gasteiger charge is 2.17. The number of carbonyl (C=O) groups is 1. The van der Waals surface area contributed by atoms with Crippen LogP contribution in [0.2, 0.25) is 10.0 Å². The van der Waals surface area contributed by atoms with Gasteiger partial charge in [0, 0.05) is 28.9 Å². The molecule has 0 saturated heterocycles. The molecule has 2 atom stereocenters. The molecule has 0 fully saturated rings. The van der Waals surface area contributed by atoms with Crippen LogP contribution in [0.5, 0.6) is 0 Å². The van der Waals surface area contributed by atoms with Gasteiger partial charge in [0.05, 0.1) is 17.8 Å². The number of carbonyl (C=O) groups excluding carboxylic acids is 1. The van der Waals surface area contributed by atoms with E-state index in [1.807, 2.05) is 40.1 Å². The van der Waals surface area contributed by atoms with E-state index < -0.39 is 0 Å². The number of rotatable bonds is 4. The molecule has 7 heteroatoms. The van der Waals surface area contributed by atoms with Crippen molar-refractivity contribution in [2.75, 3.05) is 0 Å². The summed E-state index contributed by atoms with van der Waals surface area (Å²) in [5.74, 6) is 0. The molecule has 0 aliphatic heterocycles. The Hall–Kier alpha value is -1.72. The second-order valence-corrected chi connectivity index (χ2v) is 6.41. The number of halogens is 2. The summed E-state index contributed by atoms with van der Waals surface area (Å²) >= 11 is 12.1. The molecular formula is C16H20Cl2N4O. The number of nitrogens with zero attached hydrogens (tertiary/aromatic N) is 2. The Morgan fingerprint density at radius 2 is 1.78 bits per heavy atom. The molecule has 2 rings (SSSR count). The summed E-state index contributed by atoms with van der Waals surface area (Å²) < 4.78 is 1.73. The van der Waals surface area contributed by atoms with E-state index >= 15 is 0 Å². The summed E-state index contributed by atoms with van der Waals surface area (Å²) in [5.41, 5.74) is 2.70. The molecule has 0 spiro atoms. The van der Waals surface area contributed by atoms with Crippen LogP contribution < -0.4 is 10.6 Å². The van der Waals surface area contributed by atoms with Gasteiger partial charge in [-0.2, -0.15) is 5.10 Å². The lowest BCUT2D eigenvalue weighted by atomic mass is 10.1. The predicted molar refractivity (Wildman–Crippen MR) is 92.9 cm³/mol. The molecule has 5 nitrogen and oxygen atoms in total. The van der Waals surface area contributed by atoms with Gasteiger partial charge in [-0.3, -0.25) is 4.68 Å². The maximum absolute atomic E-state index is 12.2. The fourth-order valence-corrected chi connectivity index (χ4v) is 3.06. The molecule has 0 aliphatic carbocycles. The molecule has 0 saturated carbocycles. The molecule has 1 aromatic heterocycles. The minimum absolute atomic E-state index is 0.142. The zero-order valence-corrected chi connectivity index (χ0v) is 15.0. The zero-order valence-electron chi connectivity index (χ0n) is 13.5. The van der Waals surface area contributed by atoms with E-state index in [4.69, 9.17) is 23.2 Å². The van der Waals surface area contributed by atoms with Crippen molar-refractivity contribution in [2.24, 2.45) is 7.05 Å². The summed E-state index contributed by atoms with van der Waals surface area (Å²) in [7, 11) is 1.86. The minimum Gasteiger partial charge on any atom is -0.332 e. The molecule has 124 valence electrons. The molecule has 23 heavy (non-hydrogen) atoms. The number of urea groups is 1. The topological polar surface area (TPSA) is 59.0 Å². The maximum atomic E-state index is 12.2. The largest absolute Gasteiger partial charge is 0.332 e. The average Bonchev–Trinajstić information content (AvgIpc) is 2.77. The van der Waals surface area contributed by atoms with Crippen LogP contribution in [0, 0.1) is 6.92 Å². The van der Waals surface area contributed by atoms with Gasteiger partial charge >= 0.3 is 6.03 Å². The smallest absolute Gasteiger partial charge is 0.315 e. The highest BCUT2D eigenvalue weighted by molar-refractivity contribution is 6.35. The first-order valence-electron chi connectivity index (χ1n) is 7.30. The predicted octanol–water partition coefficient (Wildman–Crippen LogP) is 4.16. The number of hydrogen-bond acceptors (Lipinski definition) is 2. The van der Waals surface area contributed by atoms with Crippen molar-refractivity contribution in [1.82, 2.24) is 20.4 Å². The van der Waals surface area contributed by atoms with Gasteiger partial charge in [-0.05, 0) is 38.5 Å². The third-order valence-electron chi connectivity index (χ3n) is 3.64. The van der Waals surface area contributed by atoms with Crippen molar-refractivity contribution >= 4 is 29.2 Å². The Balaban J connectivity index is 2.00. The van der Waals surface area contributed by atoms with Crippen LogP contribution in [0.15, 0.2) is 24.4 Å². The Bertz CT molecular complexity index is 714. The van der Waals surface area contributed by atoms with Gasteiger partial charge in [0.2, 0.25) is 0 Å². The summed E-state index contributed by atoms with van der Waals surface area (Å²) in [6.45, 7) is 5.71. The standard InChI is InChI=1S/C16H20Cl2N4O/c1-9(13-6-5-12(17)7-15(13)18)19-16(23)20-10(2)14-8-22(4)21-11(14)3/h5-10H,1-4H3,(H2,19,20,23). The first kappa shape index (κ1) is 17.6. The van der Waals surface area contributed by atoms with Gasteiger partial charge in [0.25, 0.3) is 0 Å². The van der Waals surface area contributed by atoms with Crippen molar-refractivity contribution in [3.63, 3.8) is 0 Å². The lowest BCUT2D eigenvalue weighted by molar-refractivity contribution is 0.235. The van der Waals surface area contributed by atoms with E-state index in [2.05, 4.69) is 15.7 Å². The summed E-state index contributed by atoms with van der Waals surface area (Å²) in [6.07, 6.45) is 1.90. The summed E-state index contributed by atoms with van der Waals surface area (Å²) in [5, 5.41) is 11.2. The molecule has 2 unspecified atom stereocenters. The Kier molecular flexibility index (Phi) is 5.55. The minimum atomic E-state index is -0.265. The number of hydrogen-bond donors (Lipinski definition) is 2. The van der Waals surface area contributed by atoms with Gasteiger partial charge in [0.1, 0.15) is 0 Å². The van der Waals surface area contributed by atoms with Crippen LogP contribution in [0.25, 0.3) is 0 Å². The third-order valence-corrected chi connectivity index (χ3v) is 4.20. The quantitative estimate of drug-likeness (QED) is 0.865. The number of benzene rings is 1. The average molecular weight is 355 g/mol. The normalized spacial score (nSPS) is 13.5. The van der Waals surface area contributed by atoms with Crippen molar-refractivity contribution in [3.05, 3.63) is 51.3 Å². The van der Waals surface area contributed by atoms with E-state index in [9.17, 15) is 4.79 Å². The second-order valence-electron chi connectivity index (χ2n) is 5.57. The van der Waals surface area contributed by atoms with E-state index in [1.54, 1.807) is 16.8 Å². The number of aryl methyl sites for hydroxylation is 2. The molecule has 0 radical (unpaired) electrons. The first-order valence-corrected chi connectivity index (χ1v) is 8.05. The lowest BCUT2D eigenvalue weighted by Crippen LogP contribution is -2.38. The Morgan fingerprint density at radius 3 is 2.30 bits per heavy atom. The number of aromatic nitrogens is 2. The molecule has 2 aromatic rings. The molecule has 2 N–H and O–H groups in total. The van der Waals surface area contributed by atoms with Crippen LogP contribution >= 0.6 is 23.2 Å². The van der Waals surface area contributed by atoms with Crippen molar-refractivity contribution < 1.29 is 4.79 Å². The Labute approximate surface area is 146 Å². The second kappa shape index (κ2) is 7.23. The fourth-order valence-electron chi connectivity index (χ4n) is 2.49.